The maximum absolute atomic E-state index is 12.1. The number of nitrogens with two attached hydrogens (primary N) is 1. The zero-order valence-corrected chi connectivity index (χ0v) is 11.0. The molecule has 1 saturated carbocycles. The molecule has 92 valence electrons. The highest BCUT2D eigenvalue weighted by Crippen LogP contribution is 2.34. The number of thiocarbonyl (C=S) groups is 1. The van der Waals surface area contributed by atoms with Crippen LogP contribution < -0.4 is 11.1 Å². The highest BCUT2D eigenvalue weighted by molar-refractivity contribution is 7.80. The van der Waals surface area contributed by atoms with E-state index in [0.717, 1.165) is 32.1 Å². The van der Waals surface area contributed by atoms with E-state index < -0.39 is 0 Å². The van der Waals surface area contributed by atoms with Gasteiger partial charge in [-0.05, 0) is 32.1 Å². The average molecular weight is 242 g/mol. The summed E-state index contributed by atoms with van der Waals surface area (Å²) in [6.07, 6.45) is 6.06. The van der Waals surface area contributed by atoms with Crippen molar-refractivity contribution in [1.82, 2.24) is 5.32 Å². The van der Waals surface area contributed by atoms with Crippen LogP contribution in [0, 0.1) is 5.92 Å². The standard InChI is InChI=1S/C12H22N2OS/c1-3-6-9(10(13)16)11(15)14-12(4-2)7-5-8-12/h9H,3-8H2,1-2H3,(H2,13,16)(H,14,15). The Labute approximate surface area is 103 Å². The topological polar surface area (TPSA) is 55.1 Å². The molecule has 16 heavy (non-hydrogen) atoms. The van der Waals surface area contributed by atoms with E-state index >= 15 is 0 Å². The minimum absolute atomic E-state index is 0.0240. The van der Waals surface area contributed by atoms with Gasteiger partial charge in [0.15, 0.2) is 0 Å². The number of rotatable bonds is 6. The van der Waals surface area contributed by atoms with Crippen LogP contribution in [0.1, 0.15) is 52.4 Å². The molecule has 0 aromatic heterocycles. The first-order valence-electron chi connectivity index (χ1n) is 6.16. The third kappa shape index (κ3) is 2.94. The van der Waals surface area contributed by atoms with E-state index in [1.54, 1.807) is 0 Å². The van der Waals surface area contributed by atoms with Crippen molar-refractivity contribution in [3.63, 3.8) is 0 Å². The lowest BCUT2D eigenvalue weighted by Crippen LogP contribution is -2.55. The number of nitrogens with one attached hydrogen (secondary N) is 1. The summed E-state index contributed by atoms with van der Waals surface area (Å²) in [6, 6.07) is 0. The monoisotopic (exact) mass is 242 g/mol. The predicted octanol–water partition coefficient (Wildman–Crippen LogP) is 2.14. The molecule has 0 heterocycles. The minimum atomic E-state index is -0.288. The molecule has 0 aromatic rings. The fourth-order valence-electron chi connectivity index (χ4n) is 2.21. The SMILES string of the molecule is CCCC(C(=O)NC1(CC)CCC1)C(N)=S. The van der Waals surface area contributed by atoms with E-state index in [2.05, 4.69) is 12.2 Å². The molecule has 3 nitrogen and oxygen atoms in total. The van der Waals surface area contributed by atoms with E-state index in [4.69, 9.17) is 18.0 Å². The van der Waals surface area contributed by atoms with Crippen LogP contribution in [0.4, 0.5) is 0 Å². The van der Waals surface area contributed by atoms with Gasteiger partial charge < -0.3 is 11.1 Å². The number of amides is 1. The molecular formula is C12H22N2OS. The van der Waals surface area contributed by atoms with Crippen molar-refractivity contribution in [2.24, 2.45) is 11.7 Å². The van der Waals surface area contributed by atoms with Gasteiger partial charge in [0.25, 0.3) is 0 Å². The summed E-state index contributed by atoms with van der Waals surface area (Å²) in [5.74, 6) is -0.264. The number of hydrogen-bond acceptors (Lipinski definition) is 2. The molecule has 1 fully saturated rings. The molecule has 1 aliphatic rings. The van der Waals surface area contributed by atoms with Crippen molar-refractivity contribution < 1.29 is 4.79 Å². The normalized spacial score (nSPS) is 19.6. The van der Waals surface area contributed by atoms with Crippen molar-refractivity contribution >= 4 is 23.1 Å². The number of carbonyl (C=O) groups excluding carboxylic acids is 1. The fraction of sp³-hybridized carbons (Fsp3) is 0.833. The molecule has 1 aliphatic carbocycles. The van der Waals surface area contributed by atoms with Crippen molar-refractivity contribution in [3.05, 3.63) is 0 Å². The van der Waals surface area contributed by atoms with Crippen molar-refractivity contribution in [3.8, 4) is 0 Å². The first kappa shape index (κ1) is 13.4. The number of carbonyl (C=O) groups is 1. The van der Waals surface area contributed by atoms with E-state index in [1.807, 2.05) is 6.92 Å². The first-order chi connectivity index (χ1) is 7.54. The molecule has 1 amide bonds. The van der Waals surface area contributed by atoms with Crippen molar-refractivity contribution in [1.29, 1.82) is 0 Å². The third-order valence-corrected chi connectivity index (χ3v) is 3.90. The van der Waals surface area contributed by atoms with Crippen LogP contribution in [0.15, 0.2) is 0 Å². The van der Waals surface area contributed by atoms with Crippen LogP contribution in [0.3, 0.4) is 0 Å². The smallest absolute Gasteiger partial charge is 0.230 e. The Morgan fingerprint density at radius 3 is 2.44 bits per heavy atom. The molecule has 0 bridgehead atoms. The van der Waals surface area contributed by atoms with Crippen molar-refractivity contribution in [2.75, 3.05) is 0 Å². The molecule has 4 heteroatoms. The first-order valence-corrected chi connectivity index (χ1v) is 6.57. The van der Waals surface area contributed by atoms with E-state index in [-0.39, 0.29) is 17.4 Å². The van der Waals surface area contributed by atoms with Gasteiger partial charge in [0.2, 0.25) is 5.91 Å². The Balaban J connectivity index is 2.57. The van der Waals surface area contributed by atoms with Crippen molar-refractivity contribution in [2.45, 2.75) is 57.9 Å². The van der Waals surface area contributed by atoms with Crippen LogP contribution in [0.25, 0.3) is 0 Å². The Kier molecular flexibility index (Phi) is 4.71. The van der Waals surface area contributed by atoms with Gasteiger partial charge in [0, 0.05) is 5.54 Å². The highest BCUT2D eigenvalue weighted by atomic mass is 32.1. The Hall–Kier alpha value is -0.640. The van der Waals surface area contributed by atoms with Gasteiger partial charge in [-0.1, -0.05) is 32.5 Å². The Morgan fingerprint density at radius 2 is 2.12 bits per heavy atom. The summed E-state index contributed by atoms with van der Waals surface area (Å²) in [4.78, 5) is 12.4. The zero-order chi connectivity index (χ0) is 12.2. The lowest BCUT2D eigenvalue weighted by atomic mass is 9.74. The second-order valence-electron chi connectivity index (χ2n) is 4.72. The summed E-state index contributed by atoms with van der Waals surface area (Å²) >= 11 is 4.96. The molecular weight excluding hydrogens is 220 g/mol. The second-order valence-corrected chi connectivity index (χ2v) is 5.19. The molecule has 1 unspecified atom stereocenters. The van der Waals surface area contributed by atoms with Gasteiger partial charge in [-0.2, -0.15) is 0 Å². The molecule has 0 spiro atoms. The lowest BCUT2D eigenvalue weighted by molar-refractivity contribution is -0.126. The van der Waals surface area contributed by atoms with E-state index in [9.17, 15) is 4.79 Å². The maximum atomic E-state index is 12.1. The number of hydrogen-bond donors (Lipinski definition) is 2. The Bertz CT molecular complexity index is 269. The summed E-state index contributed by atoms with van der Waals surface area (Å²) < 4.78 is 0. The minimum Gasteiger partial charge on any atom is -0.393 e. The summed E-state index contributed by atoms with van der Waals surface area (Å²) in [5.41, 5.74) is 5.65. The van der Waals surface area contributed by atoms with Crippen LogP contribution in [0.2, 0.25) is 0 Å². The predicted molar refractivity (Wildman–Crippen MR) is 70.2 cm³/mol. The highest BCUT2D eigenvalue weighted by Gasteiger charge is 2.38. The van der Waals surface area contributed by atoms with Crippen LogP contribution >= 0.6 is 12.2 Å². The summed E-state index contributed by atoms with van der Waals surface area (Å²) in [7, 11) is 0. The molecule has 3 N–H and O–H groups in total. The van der Waals surface area contributed by atoms with E-state index in [0.29, 0.717) is 4.99 Å². The summed E-state index contributed by atoms with van der Waals surface area (Å²) in [6.45, 7) is 4.16. The molecule has 0 radical (unpaired) electrons. The molecule has 0 aromatic carbocycles. The van der Waals surface area contributed by atoms with Gasteiger partial charge >= 0.3 is 0 Å². The fourth-order valence-corrected chi connectivity index (χ4v) is 2.44. The quantitative estimate of drug-likeness (QED) is 0.702. The van der Waals surface area contributed by atoms with Gasteiger partial charge in [-0.25, -0.2) is 0 Å². The van der Waals surface area contributed by atoms with Gasteiger partial charge in [-0.15, -0.1) is 0 Å². The van der Waals surface area contributed by atoms with E-state index in [1.165, 1.54) is 6.42 Å². The van der Waals surface area contributed by atoms with Gasteiger partial charge in [-0.3, -0.25) is 4.79 Å². The molecule has 0 saturated heterocycles. The van der Waals surface area contributed by atoms with Crippen LogP contribution in [0.5, 0.6) is 0 Å². The van der Waals surface area contributed by atoms with Crippen LogP contribution in [-0.2, 0) is 4.79 Å². The summed E-state index contributed by atoms with van der Waals surface area (Å²) in [5, 5.41) is 3.14. The molecule has 1 atom stereocenters. The maximum Gasteiger partial charge on any atom is 0.230 e. The Morgan fingerprint density at radius 1 is 1.50 bits per heavy atom. The second kappa shape index (κ2) is 5.62. The average Bonchev–Trinajstić information content (AvgIpc) is 2.19. The molecule has 1 rings (SSSR count). The zero-order valence-electron chi connectivity index (χ0n) is 10.2. The van der Waals surface area contributed by atoms with Crippen LogP contribution in [-0.4, -0.2) is 16.4 Å². The third-order valence-electron chi connectivity index (χ3n) is 3.61. The van der Waals surface area contributed by atoms with Gasteiger partial charge in [0.1, 0.15) is 0 Å². The lowest BCUT2D eigenvalue weighted by Gasteiger charge is -2.42. The van der Waals surface area contributed by atoms with Gasteiger partial charge in [0.05, 0.1) is 10.9 Å². The largest absolute Gasteiger partial charge is 0.393 e. The molecule has 0 aliphatic heterocycles.